The zero-order chi connectivity index (χ0) is 22.5. The quantitative estimate of drug-likeness (QED) is 0.516. The minimum Gasteiger partial charge on any atom is -0.325 e. The Morgan fingerprint density at radius 2 is 1.61 bits per heavy atom. The average Bonchev–Trinajstić information content (AvgIpc) is 3.04. The summed E-state index contributed by atoms with van der Waals surface area (Å²) in [6.45, 7) is 5.84. The van der Waals surface area contributed by atoms with Crippen molar-refractivity contribution in [1.82, 2.24) is 14.8 Å². The smallest absolute Gasteiger partial charge is 0.234 e. The number of carbonyl (C=O) groups excluding carboxylic acids is 2. The summed E-state index contributed by atoms with van der Waals surface area (Å²) in [5, 5.41) is 15.2. The number of rotatable bonds is 7. The Morgan fingerprint density at radius 1 is 0.968 bits per heavy atom. The van der Waals surface area contributed by atoms with E-state index in [-0.39, 0.29) is 24.0 Å². The van der Waals surface area contributed by atoms with Crippen LogP contribution in [0.3, 0.4) is 0 Å². The van der Waals surface area contributed by atoms with Crippen LogP contribution in [0.25, 0.3) is 0 Å². The first kappa shape index (κ1) is 22.8. The van der Waals surface area contributed by atoms with Crippen LogP contribution in [0.15, 0.2) is 41.6 Å². The molecule has 7 nitrogen and oxygen atoms in total. The minimum absolute atomic E-state index is 0.0908. The van der Waals surface area contributed by atoms with Crippen LogP contribution in [0, 0.1) is 20.8 Å². The number of thioether (sulfide) groups is 1. The van der Waals surface area contributed by atoms with E-state index in [9.17, 15) is 9.59 Å². The van der Waals surface area contributed by atoms with E-state index >= 15 is 0 Å². The van der Waals surface area contributed by atoms with Crippen LogP contribution >= 0.6 is 23.4 Å². The molecule has 31 heavy (non-hydrogen) atoms. The molecule has 0 fully saturated rings. The first-order valence-corrected chi connectivity index (χ1v) is 11.0. The lowest BCUT2D eigenvalue weighted by Crippen LogP contribution is -2.18. The molecule has 0 atom stereocenters. The van der Waals surface area contributed by atoms with Gasteiger partial charge < -0.3 is 15.2 Å². The molecule has 162 valence electrons. The van der Waals surface area contributed by atoms with Crippen LogP contribution in [-0.2, 0) is 23.1 Å². The highest BCUT2D eigenvalue weighted by Gasteiger charge is 2.15. The van der Waals surface area contributed by atoms with Crippen molar-refractivity contribution in [3.63, 3.8) is 0 Å². The van der Waals surface area contributed by atoms with Crippen LogP contribution in [0.5, 0.6) is 0 Å². The van der Waals surface area contributed by atoms with Crippen molar-refractivity contribution in [3.8, 4) is 0 Å². The van der Waals surface area contributed by atoms with Gasteiger partial charge in [0.15, 0.2) is 5.16 Å². The molecule has 0 unspecified atom stereocenters. The summed E-state index contributed by atoms with van der Waals surface area (Å²) >= 11 is 7.21. The zero-order valence-corrected chi connectivity index (χ0v) is 19.4. The van der Waals surface area contributed by atoms with Crippen molar-refractivity contribution in [2.24, 2.45) is 7.05 Å². The third kappa shape index (κ3) is 6.08. The number of halogens is 1. The van der Waals surface area contributed by atoms with Gasteiger partial charge in [-0.15, -0.1) is 10.2 Å². The highest BCUT2D eigenvalue weighted by atomic mass is 35.5. The summed E-state index contributed by atoms with van der Waals surface area (Å²) in [6.07, 6.45) is 0.0908. The number of nitrogens with zero attached hydrogens (tertiary/aromatic N) is 3. The summed E-state index contributed by atoms with van der Waals surface area (Å²) < 4.78 is 1.73. The second kappa shape index (κ2) is 9.98. The van der Waals surface area contributed by atoms with Crippen LogP contribution in [0.1, 0.15) is 22.5 Å². The lowest BCUT2D eigenvalue weighted by molar-refractivity contribution is -0.116. The van der Waals surface area contributed by atoms with Gasteiger partial charge in [-0.1, -0.05) is 41.1 Å². The number of hydrogen-bond acceptors (Lipinski definition) is 5. The molecule has 9 heteroatoms. The number of aromatic nitrogens is 3. The normalized spacial score (nSPS) is 10.7. The first-order valence-electron chi connectivity index (χ1n) is 9.67. The van der Waals surface area contributed by atoms with E-state index in [4.69, 9.17) is 11.6 Å². The topological polar surface area (TPSA) is 88.9 Å². The van der Waals surface area contributed by atoms with Gasteiger partial charge in [-0.3, -0.25) is 9.59 Å². The molecule has 0 aliphatic carbocycles. The Hall–Kier alpha value is -2.84. The Balaban J connectivity index is 1.55. The third-order valence-electron chi connectivity index (χ3n) is 4.69. The lowest BCUT2D eigenvalue weighted by atomic mass is 10.1. The van der Waals surface area contributed by atoms with Crippen molar-refractivity contribution in [2.45, 2.75) is 32.3 Å². The number of aryl methyl sites for hydroxylation is 3. The van der Waals surface area contributed by atoms with Crippen LogP contribution in [0.4, 0.5) is 11.4 Å². The SMILES string of the molecule is Cc1ccc(NC(=O)Cc2nnc(SCC(=O)Nc3ccc(Cl)cc3C)n2C)c(C)c1. The number of hydrogen-bond donors (Lipinski definition) is 2. The molecule has 2 amide bonds. The van der Waals surface area contributed by atoms with E-state index < -0.39 is 0 Å². The molecule has 0 aliphatic rings. The molecule has 2 N–H and O–H groups in total. The minimum atomic E-state index is -0.171. The van der Waals surface area contributed by atoms with Crippen LogP contribution in [-0.4, -0.2) is 32.3 Å². The number of carbonyl (C=O) groups is 2. The maximum Gasteiger partial charge on any atom is 0.234 e. The van der Waals surface area contributed by atoms with Crippen molar-refractivity contribution >= 4 is 46.6 Å². The van der Waals surface area contributed by atoms with Gasteiger partial charge in [0.25, 0.3) is 0 Å². The van der Waals surface area contributed by atoms with Gasteiger partial charge in [0.2, 0.25) is 11.8 Å². The molecule has 2 aromatic carbocycles. The number of anilines is 2. The van der Waals surface area contributed by atoms with Crippen LogP contribution in [0.2, 0.25) is 5.02 Å². The van der Waals surface area contributed by atoms with Crippen molar-refractivity contribution < 1.29 is 9.59 Å². The zero-order valence-electron chi connectivity index (χ0n) is 17.8. The van der Waals surface area contributed by atoms with Crippen molar-refractivity contribution in [2.75, 3.05) is 16.4 Å². The summed E-state index contributed by atoms with van der Waals surface area (Å²) in [5.41, 5.74) is 4.53. The number of nitrogens with one attached hydrogen (secondary N) is 2. The Kier molecular flexibility index (Phi) is 7.35. The molecule has 0 spiro atoms. The predicted molar refractivity (Wildman–Crippen MR) is 125 cm³/mol. The highest BCUT2D eigenvalue weighted by molar-refractivity contribution is 7.99. The Labute approximate surface area is 190 Å². The van der Waals surface area contributed by atoms with Gasteiger partial charge in [-0.05, 0) is 56.2 Å². The molecule has 1 heterocycles. The maximum atomic E-state index is 12.4. The fourth-order valence-electron chi connectivity index (χ4n) is 3.00. The molecule has 3 rings (SSSR count). The van der Waals surface area contributed by atoms with E-state index in [0.717, 1.165) is 28.1 Å². The number of benzene rings is 2. The molecule has 0 saturated heterocycles. The Bertz CT molecular complexity index is 1130. The van der Waals surface area contributed by atoms with Gasteiger partial charge in [-0.25, -0.2) is 0 Å². The molecule has 1 aromatic heterocycles. The fraction of sp³-hybridized carbons (Fsp3) is 0.273. The summed E-state index contributed by atoms with van der Waals surface area (Å²) in [6, 6.07) is 11.2. The second-order valence-corrected chi connectivity index (χ2v) is 8.68. The van der Waals surface area contributed by atoms with Gasteiger partial charge in [-0.2, -0.15) is 0 Å². The molecule has 0 saturated carbocycles. The standard InChI is InChI=1S/C22H24ClN5O2S/c1-13-5-7-17(14(2)9-13)24-20(29)11-19-26-27-22(28(19)4)31-12-21(30)25-18-8-6-16(23)10-15(18)3/h5-10H,11-12H2,1-4H3,(H,24,29)(H,25,30). The van der Waals surface area contributed by atoms with E-state index in [1.54, 1.807) is 29.8 Å². The van der Waals surface area contributed by atoms with Gasteiger partial charge in [0.1, 0.15) is 5.82 Å². The number of amides is 2. The van der Waals surface area contributed by atoms with E-state index in [1.165, 1.54) is 11.8 Å². The monoisotopic (exact) mass is 457 g/mol. The van der Waals surface area contributed by atoms with Crippen molar-refractivity contribution in [3.05, 3.63) is 63.9 Å². The highest BCUT2D eigenvalue weighted by Crippen LogP contribution is 2.21. The predicted octanol–water partition coefficient (Wildman–Crippen LogP) is 4.31. The molecule has 0 radical (unpaired) electrons. The molecule has 0 bridgehead atoms. The first-order chi connectivity index (χ1) is 14.7. The van der Waals surface area contributed by atoms with Gasteiger partial charge >= 0.3 is 0 Å². The third-order valence-corrected chi connectivity index (χ3v) is 5.95. The molecule has 3 aromatic rings. The van der Waals surface area contributed by atoms with E-state index in [2.05, 4.69) is 20.8 Å². The van der Waals surface area contributed by atoms with Gasteiger partial charge in [0.05, 0.1) is 12.2 Å². The van der Waals surface area contributed by atoms with Gasteiger partial charge in [0, 0.05) is 23.4 Å². The summed E-state index contributed by atoms with van der Waals surface area (Å²) in [4.78, 5) is 24.7. The molecule has 0 aliphatic heterocycles. The fourth-order valence-corrected chi connectivity index (χ4v) is 3.96. The maximum absolute atomic E-state index is 12.4. The second-order valence-electron chi connectivity index (χ2n) is 7.30. The van der Waals surface area contributed by atoms with E-state index in [0.29, 0.717) is 16.0 Å². The summed E-state index contributed by atoms with van der Waals surface area (Å²) in [5.74, 6) is 0.365. The van der Waals surface area contributed by atoms with E-state index in [1.807, 2.05) is 39.0 Å². The Morgan fingerprint density at radius 3 is 2.29 bits per heavy atom. The molecular formula is C22H24ClN5O2S. The lowest BCUT2D eigenvalue weighted by Gasteiger charge is -2.09. The summed E-state index contributed by atoms with van der Waals surface area (Å²) in [7, 11) is 1.78. The van der Waals surface area contributed by atoms with Crippen molar-refractivity contribution in [1.29, 1.82) is 0 Å². The van der Waals surface area contributed by atoms with Crippen LogP contribution < -0.4 is 10.6 Å². The molecular weight excluding hydrogens is 434 g/mol. The average molecular weight is 458 g/mol. The largest absolute Gasteiger partial charge is 0.325 e.